The quantitative estimate of drug-likeness (QED) is 0.852. The molecule has 2 N–H and O–H groups in total. The fraction of sp³-hybridized carbons (Fsp3) is 0.632. The van der Waals surface area contributed by atoms with E-state index in [4.69, 9.17) is 9.47 Å². The van der Waals surface area contributed by atoms with Crippen LogP contribution in [0.1, 0.15) is 50.8 Å². The number of aryl methyl sites for hydroxylation is 1. The van der Waals surface area contributed by atoms with Gasteiger partial charge in [-0.25, -0.2) is 9.18 Å². The third kappa shape index (κ3) is 6.63. The van der Waals surface area contributed by atoms with Crippen LogP contribution < -0.4 is 10.6 Å². The molecule has 0 radical (unpaired) electrons. The first-order chi connectivity index (χ1) is 11.7. The van der Waals surface area contributed by atoms with E-state index in [0.29, 0.717) is 18.2 Å². The lowest BCUT2D eigenvalue weighted by atomic mass is 10.0. The zero-order chi connectivity index (χ0) is 18.4. The van der Waals surface area contributed by atoms with Crippen molar-refractivity contribution in [3.63, 3.8) is 0 Å². The van der Waals surface area contributed by atoms with Gasteiger partial charge in [0, 0.05) is 31.4 Å². The molecule has 0 bridgehead atoms. The van der Waals surface area contributed by atoms with Crippen LogP contribution in [0.3, 0.4) is 0 Å². The Hall–Kier alpha value is -1.66. The molecule has 5 nitrogen and oxygen atoms in total. The largest absolute Gasteiger partial charge is 0.444 e. The van der Waals surface area contributed by atoms with Crippen LogP contribution >= 0.6 is 0 Å². The smallest absolute Gasteiger partial charge is 0.408 e. The van der Waals surface area contributed by atoms with Crippen molar-refractivity contribution < 1.29 is 18.7 Å². The normalized spacial score (nSPS) is 17.2. The highest BCUT2D eigenvalue weighted by Crippen LogP contribution is 2.20. The standard InChI is InChI=1S/C19H29FN2O3/c1-13-5-6-16(20)15(11-13)17(22-18(23)25-19(2,3)4)12-21-14-7-9-24-10-8-14/h5-6,11,14,17,21H,7-10,12H2,1-4H3,(H,22,23). The first-order valence-electron chi connectivity index (χ1n) is 8.81. The zero-order valence-corrected chi connectivity index (χ0v) is 15.5. The minimum Gasteiger partial charge on any atom is -0.444 e. The number of carbonyl (C=O) groups excluding carboxylic acids is 1. The average molecular weight is 352 g/mol. The summed E-state index contributed by atoms with van der Waals surface area (Å²) in [5.41, 5.74) is 0.803. The fourth-order valence-corrected chi connectivity index (χ4v) is 2.80. The van der Waals surface area contributed by atoms with Crippen molar-refractivity contribution >= 4 is 6.09 Å². The first kappa shape index (κ1) is 19.7. The topological polar surface area (TPSA) is 59.6 Å². The molecule has 1 aromatic rings. The molecule has 1 aliphatic heterocycles. The molecular weight excluding hydrogens is 323 g/mol. The molecule has 140 valence electrons. The Bertz CT molecular complexity index is 581. The number of rotatable bonds is 5. The van der Waals surface area contributed by atoms with Gasteiger partial charge >= 0.3 is 6.09 Å². The maximum atomic E-state index is 14.3. The monoisotopic (exact) mass is 352 g/mol. The van der Waals surface area contributed by atoms with Gasteiger partial charge in [0.05, 0.1) is 6.04 Å². The Kier molecular flexibility index (Phi) is 6.79. The Balaban J connectivity index is 2.09. The second-order valence-electron chi connectivity index (χ2n) is 7.52. The number of halogens is 1. The van der Waals surface area contributed by atoms with Crippen LogP contribution in [0.4, 0.5) is 9.18 Å². The van der Waals surface area contributed by atoms with Gasteiger partial charge in [0.15, 0.2) is 0 Å². The predicted octanol–water partition coefficient (Wildman–Crippen LogP) is 3.47. The van der Waals surface area contributed by atoms with Crippen molar-refractivity contribution in [2.45, 2.75) is 58.2 Å². The minimum absolute atomic E-state index is 0.310. The van der Waals surface area contributed by atoms with Crippen molar-refractivity contribution in [2.24, 2.45) is 0 Å². The van der Waals surface area contributed by atoms with Gasteiger partial charge < -0.3 is 20.1 Å². The van der Waals surface area contributed by atoms with Gasteiger partial charge in [0.1, 0.15) is 11.4 Å². The number of alkyl carbamates (subject to hydrolysis) is 1. The number of hydrogen-bond donors (Lipinski definition) is 2. The van der Waals surface area contributed by atoms with E-state index in [1.165, 1.54) is 6.07 Å². The molecule has 6 heteroatoms. The van der Waals surface area contributed by atoms with Gasteiger partial charge in [-0.1, -0.05) is 17.7 Å². The van der Waals surface area contributed by atoms with E-state index in [2.05, 4.69) is 10.6 Å². The van der Waals surface area contributed by atoms with Crippen LogP contribution in [0, 0.1) is 12.7 Å². The van der Waals surface area contributed by atoms with Gasteiger partial charge in [0.25, 0.3) is 0 Å². The number of benzene rings is 1. The SMILES string of the molecule is Cc1ccc(F)c(C(CNC2CCOCC2)NC(=O)OC(C)(C)C)c1. The summed E-state index contributed by atoms with van der Waals surface area (Å²) in [4.78, 5) is 12.2. The molecular formula is C19H29FN2O3. The van der Waals surface area contributed by atoms with E-state index in [1.807, 2.05) is 6.92 Å². The van der Waals surface area contributed by atoms with E-state index in [9.17, 15) is 9.18 Å². The molecule has 2 rings (SSSR count). The molecule has 25 heavy (non-hydrogen) atoms. The molecule has 1 aliphatic rings. The van der Waals surface area contributed by atoms with Crippen molar-refractivity contribution in [1.82, 2.24) is 10.6 Å². The number of amides is 1. The van der Waals surface area contributed by atoms with Gasteiger partial charge in [-0.05, 0) is 46.6 Å². The second-order valence-corrected chi connectivity index (χ2v) is 7.52. The maximum Gasteiger partial charge on any atom is 0.408 e. The second kappa shape index (κ2) is 8.63. The van der Waals surface area contributed by atoms with Crippen LogP contribution in [-0.2, 0) is 9.47 Å². The van der Waals surface area contributed by atoms with Crippen LogP contribution in [0.25, 0.3) is 0 Å². The predicted molar refractivity (Wildman–Crippen MR) is 95.1 cm³/mol. The molecule has 1 aromatic carbocycles. The third-order valence-electron chi connectivity index (χ3n) is 4.05. The first-order valence-corrected chi connectivity index (χ1v) is 8.81. The van der Waals surface area contributed by atoms with Crippen LogP contribution in [0.5, 0.6) is 0 Å². The molecule has 1 atom stereocenters. The summed E-state index contributed by atoms with van der Waals surface area (Å²) in [6.45, 7) is 9.18. The Labute approximate surface area is 149 Å². The van der Waals surface area contributed by atoms with Crippen molar-refractivity contribution in [3.05, 3.63) is 35.1 Å². The van der Waals surface area contributed by atoms with Crippen molar-refractivity contribution in [1.29, 1.82) is 0 Å². The molecule has 0 aliphatic carbocycles. The van der Waals surface area contributed by atoms with Crippen molar-refractivity contribution in [3.8, 4) is 0 Å². The highest BCUT2D eigenvalue weighted by atomic mass is 19.1. The highest BCUT2D eigenvalue weighted by Gasteiger charge is 2.24. The lowest BCUT2D eigenvalue weighted by molar-refractivity contribution is 0.0494. The summed E-state index contributed by atoms with van der Waals surface area (Å²) in [7, 11) is 0. The average Bonchev–Trinajstić information content (AvgIpc) is 2.53. The fourth-order valence-electron chi connectivity index (χ4n) is 2.80. The summed E-state index contributed by atoms with van der Waals surface area (Å²) in [5, 5.41) is 6.22. The molecule has 0 aromatic heterocycles. The number of nitrogens with one attached hydrogen (secondary N) is 2. The maximum absolute atomic E-state index is 14.3. The van der Waals surface area contributed by atoms with E-state index in [1.54, 1.807) is 32.9 Å². The summed E-state index contributed by atoms with van der Waals surface area (Å²) in [6.07, 6.45) is 1.28. The number of carbonyl (C=O) groups is 1. The minimum atomic E-state index is -0.603. The van der Waals surface area contributed by atoms with Gasteiger partial charge in [-0.2, -0.15) is 0 Å². The van der Waals surface area contributed by atoms with E-state index in [0.717, 1.165) is 31.6 Å². The Morgan fingerprint density at radius 2 is 2.04 bits per heavy atom. The van der Waals surface area contributed by atoms with Gasteiger partial charge in [-0.3, -0.25) is 0 Å². The molecule has 0 spiro atoms. The summed E-state index contributed by atoms with van der Waals surface area (Å²) in [6, 6.07) is 4.73. The lowest BCUT2D eigenvalue weighted by Gasteiger charge is -2.28. The Morgan fingerprint density at radius 3 is 2.68 bits per heavy atom. The van der Waals surface area contributed by atoms with Crippen molar-refractivity contribution in [2.75, 3.05) is 19.8 Å². The lowest BCUT2D eigenvalue weighted by Crippen LogP contribution is -2.43. The molecule has 1 unspecified atom stereocenters. The molecule has 1 amide bonds. The van der Waals surface area contributed by atoms with Crippen LogP contribution in [0.15, 0.2) is 18.2 Å². The molecule has 1 saturated heterocycles. The summed E-state index contributed by atoms with van der Waals surface area (Å²) < 4.78 is 25.0. The van der Waals surface area contributed by atoms with Crippen LogP contribution in [-0.4, -0.2) is 37.5 Å². The Morgan fingerprint density at radius 1 is 1.36 bits per heavy atom. The third-order valence-corrected chi connectivity index (χ3v) is 4.05. The highest BCUT2D eigenvalue weighted by molar-refractivity contribution is 5.68. The number of hydrogen-bond acceptors (Lipinski definition) is 4. The number of ether oxygens (including phenoxy) is 2. The molecule has 1 fully saturated rings. The van der Waals surface area contributed by atoms with E-state index < -0.39 is 17.7 Å². The van der Waals surface area contributed by atoms with E-state index >= 15 is 0 Å². The summed E-state index contributed by atoms with van der Waals surface area (Å²) >= 11 is 0. The van der Waals surface area contributed by atoms with Gasteiger partial charge in [0.2, 0.25) is 0 Å². The molecule has 1 heterocycles. The van der Waals surface area contributed by atoms with Crippen LogP contribution in [0.2, 0.25) is 0 Å². The molecule has 0 saturated carbocycles. The zero-order valence-electron chi connectivity index (χ0n) is 15.5. The summed E-state index contributed by atoms with van der Waals surface area (Å²) in [5.74, 6) is -0.333. The van der Waals surface area contributed by atoms with E-state index in [-0.39, 0.29) is 5.82 Å². The van der Waals surface area contributed by atoms with Gasteiger partial charge in [-0.15, -0.1) is 0 Å².